The fourth-order valence-corrected chi connectivity index (χ4v) is 2.78. The first-order valence-corrected chi connectivity index (χ1v) is 7.74. The van der Waals surface area contributed by atoms with Gasteiger partial charge in [0, 0.05) is 38.8 Å². The Hall–Kier alpha value is -1.59. The van der Waals surface area contributed by atoms with Gasteiger partial charge in [-0.1, -0.05) is 6.08 Å². The van der Waals surface area contributed by atoms with Crippen LogP contribution in [0.3, 0.4) is 0 Å². The highest BCUT2D eigenvalue weighted by Gasteiger charge is 2.21. The molecule has 1 aromatic carbocycles. The standard InChI is InChI=1S/C17H25FN2O2/c1-3-4-5-15(21)13-19-8-10-20(11-9-19)16-7-6-14(18)12-17(16)22-2/h3,6-7,12,15,21H,1,4-5,8-11,13H2,2H3. The monoisotopic (exact) mass is 308 g/mol. The molecule has 1 aliphatic rings. The number of halogens is 1. The van der Waals surface area contributed by atoms with Crippen LogP contribution in [0, 0.1) is 5.82 Å². The van der Waals surface area contributed by atoms with Crippen LogP contribution >= 0.6 is 0 Å². The zero-order valence-electron chi connectivity index (χ0n) is 13.2. The van der Waals surface area contributed by atoms with Crippen molar-refractivity contribution in [2.24, 2.45) is 0 Å². The number of ether oxygens (including phenoxy) is 1. The highest BCUT2D eigenvalue weighted by Crippen LogP contribution is 2.29. The molecule has 1 aromatic rings. The van der Waals surface area contributed by atoms with E-state index in [9.17, 15) is 9.50 Å². The molecular formula is C17H25FN2O2. The minimum atomic E-state index is -0.301. The lowest BCUT2D eigenvalue weighted by Crippen LogP contribution is -2.48. The molecule has 1 atom stereocenters. The zero-order valence-corrected chi connectivity index (χ0v) is 13.2. The molecule has 4 nitrogen and oxygen atoms in total. The highest BCUT2D eigenvalue weighted by molar-refractivity contribution is 5.58. The van der Waals surface area contributed by atoms with E-state index in [0.717, 1.165) is 44.7 Å². The van der Waals surface area contributed by atoms with Gasteiger partial charge in [-0.05, 0) is 25.0 Å². The van der Waals surface area contributed by atoms with Crippen molar-refractivity contribution in [3.8, 4) is 5.75 Å². The summed E-state index contributed by atoms with van der Waals surface area (Å²) in [5, 5.41) is 9.96. The van der Waals surface area contributed by atoms with Crippen LogP contribution in [-0.2, 0) is 0 Å². The summed E-state index contributed by atoms with van der Waals surface area (Å²) in [7, 11) is 1.56. The molecule has 0 bridgehead atoms. The van der Waals surface area contributed by atoms with Gasteiger partial charge < -0.3 is 14.7 Å². The summed E-state index contributed by atoms with van der Waals surface area (Å²) in [6.07, 6.45) is 3.13. The number of aliphatic hydroxyl groups excluding tert-OH is 1. The quantitative estimate of drug-likeness (QED) is 0.784. The van der Waals surface area contributed by atoms with Gasteiger partial charge in [0.2, 0.25) is 0 Å². The molecule has 0 amide bonds. The second kappa shape index (κ2) is 8.15. The fourth-order valence-electron chi connectivity index (χ4n) is 2.78. The van der Waals surface area contributed by atoms with E-state index in [0.29, 0.717) is 12.3 Å². The van der Waals surface area contributed by atoms with Gasteiger partial charge in [0.15, 0.2) is 0 Å². The van der Waals surface area contributed by atoms with Crippen LogP contribution in [-0.4, -0.2) is 55.9 Å². The number of anilines is 1. The Bertz CT molecular complexity index is 488. The number of benzene rings is 1. The number of hydrogen-bond acceptors (Lipinski definition) is 4. The smallest absolute Gasteiger partial charge is 0.145 e. The van der Waals surface area contributed by atoms with Crippen molar-refractivity contribution in [1.82, 2.24) is 4.90 Å². The number of rotatable bonds is 7. The van der Waals surface area contributed by atoms with E-state index in [1.54, 1.807) is 13.2 Å². The van der Waals surface area contributed by atoms with E-state index in [4.69, 9.17) is 4.74 Å². The molecule has 0 aliphatic carbocycles. The lowest BCUT2D eigenvalue weighted by atomic mass is 10.1. The van der Waals surface area contributed by atoms with E-state index in [-0.39, 0.29) is 11.9 Å². The highest BCUT2D eigenvalue weighted by atomic mass is 19.1. The number of aliphatic hydroxyl groups is 1. The Kier molecular flexibility index (Phi) is 6.21. The Morgan fingerprint density at radius 2 is 2.09 bits per heavy atom. The number of allylic oxidation sites excluding steroid dienone is 1. The van der Waals surface area contributed by atoms with Crippen LogP contribution in [0.15, 0.2) is 30.9 Å². The average molecular weight is 308 g/mol. The van der Waals surface area contributed by atoms with Crippen molar-refractivity contribution in [2.45, 2.75) is 18.9 Å². The SMILES string of the molecule is C=CCCC(O)CN1CCN(c2ccc(F)cc2OC)CC1. The summed E-state index contributed by atoms with van der Waals surface area (Å²) in [6.45, 7) is 7.82. The molecule has 0 aromatic heterocycles. The number of piperazine rings is 1. The molecule has 1 heterocycles. The molecule has 122 valence electrons. The average Bonchev–Trinajstić information content (AvgIpc) is 2.53. The number of hydrogen-bond donors (Lipinski definition) is 1. The van der Waals surface area contributed by atoms with Gasteiger partial charge in [0.1, 0.15) is 11.6 Å². The van der Waals surface area contributed by atoms with Gasteiger partial charge in [-0.25, -0.2) is 4.39 Å². The van der Waals surface area contributed by atoms with Crippen molar-refractivity contribution >= 4 is 5.69 Å². The molecule has 1 unspecified atom stereocenters. The third-order valence-corrected chi connectivity index (χ3v) is 4.03. The molecule has 22 heavy (non-hydrogen) atoms. The minimum Gasteiger partial charge on any atom is -0.494 e. The minimum absolute atomic E-state index is 0.287. The molecule has 0 radical (unpaired) electrons. The predicted octanol–water partition coefficient (Wildman–Crippen LogP) is 2.28. The van der Waals surface area contributed by atoms with Crippen molar-refractivity contribution in [1.29, 1.82) is 0 Å². The topological polar surface area (TPSA) is 35.9 Å². The van der Waals surface area contributed by atoms with Crippen molar-refractivity contribution in [3.63, 3.8) is 0 Å². The maximum atomic E-state index is 13.3. The fraction of sp³-hybridized carbons (Fsp3) is 0.529. The summed E-state index contributed by atoms with van der Waals surface area (Å²) in [6, 6.07) is 4.65. The maximum absolute atomic E-state index is 13.3. The summed E-state index contributed by atoms with van der Waals surface area (Å²) in [5.74, 6) is 0.282. The summed E-state index contributed by atoms with van der Waals surface area (Å²) in [5.41, 5.74) is 0.927. The Balaban J connectivity index is 1.88. The molecule has 2 rings (SSSR count). The van der Waals surface area contributed by atoms with Gasteiger partial charge in [0.25, 0.3) is 0 Å². The van der Waals surface area contributed by atoms with Gasteiger partial charge in [0.05, 0.1) is 18.9 Å². The maximum Gasteiger partial charge on any atom is 0.145 e. The zero-order chi connectivity index (χ0) is 15.9. The van der Waals surface area contributed by atoms with E-state index in [2.05, 4.69) is 16.4 Å². The van der Waals surface area contributed by atoms with Gasteiger partial charge in [-0.15, -0.1) is 6.58 Å². The molecule has 1 N–H and O–H groups in total. The summed E-state index contributed by atoms with van der Waals surface area (Å²) >= 11 is 0. The predicted molar refractivity (Wildman–Crippen MR) is 87.0 cm³/mol. The van der Waals surface area contributed by atoms with E-state index in [1.165, 1.54) is 12.1 Å². The van der Waals surface area contributed by atoms with Crippen LogP contribution in [0.25, 0.3) is 0 Å². The molecular weight excluding hydrogens is 283 g/mol. The van der Waals surface area contributed by atoms with E-state index >= 15 is 0 Å². The van der Waals surface area contributed by atoms with Crippen LogP contribution in [0.4, 0.5) is 10.1 Å². The molecule has 1 fully saturated rings. The number of nitrogens with zero attached hydrogens (tertiary/aromatic N) is 2. The molecule has 1 saturated heterocycles. The summed E-state index contributed by atoms with van der Waals surface area (Å²) in [4.78, 5) is 4.46. The molecule has 0 saturated carbocycles. The van der Waals surface area contributed by atoms with Gasteiger partial charge in [-0.3, -0.25) is 4.90 Å². The second-order valence-electron chi connectivity index (χ2n) is 5.62. The Morgan fingerprint density at radius 1 is 1.36 bits per heavy atom. The summed E-state index contributed by atoms with van der Waals surface area (Å²) < 4.78 is 18.5. The molecule has 1 aliphatic heterocycles. The largest absolute Gasteiger partial charge is 0.494 e. The first-order chi connectivity index (χ1) is 10.6. The number of methoxy groups -OCH3 is 1. The van der Waals surface area contributed by atoms with Gasteiger partial charge >= 0.3 is 0 Å². The third kappa shape index (κ3) is 4.45. The lowest BCUT2D eigenvalue weighted by molar-refractivity contribution is 0.103. The normalized spacial score (nSPS) is 17.3. The van der Waals surface area contributed by atoms with Crippen molar-refractivity contribution in [2.75, 3.05) is 44.7 Å². The van der Waals surface area contributed by atoms with Crippen LogP contribution in [0.5, 0.6) is 5.75 Å². The van der Waals surface area contributed by atoms with Crippen molar-refractivity contribution < 1.29 is 14.2 Å². The van der Waals surface area contributed by atoms with E-state index in [1.807, 2.05) is 6.08 Å². The number of β-amino-alcohol motifs (C(OH)–C–C–N with tert-alkyl or cyclic N) is 1. The Labute approximate surface area is 131 Å². The first-order valence-electron chi connectivity index (χ1n) is 7.74. The Morgan fingerprint density at radius 3 is 2.73 bits per heavy atom. The van der Waals surface area contributed by atoms with Crippen LogP contribution in [0.1, 0.15) is 12.8 Å². The van der Waals surface area contributed by atoms with Crippen LogP contribution < -0.4 is 9.64 Å². The van der Waals surface area contributed by atoms with Crippen molar-refractivity contribution in [3.05, 3.63) is 36.7 Å². The van der Waals surface area contributed by atoms with E-state index < -0.39 is 0 Å². The molecule has 0 spiro atoms. The first kappa shape index (κ1) is 16.8. The molecule has 5 heteroatoms. The van der Waals surface area contributed by atoms with Gasteiger partial charge in [-0.2, -0.15) is 0 Å². The van der Waals surface area contributed by atoms with Crippen LogP contribution in [0.2, 0.25) is 0 Å². The second-order valence-corrected chi connectivity index (χ2v) is 5.62. The lowest BCUT2D eigenvalue weighted by Gasteiger charge is -2.37. The third-order valence-electron chi connectivity index (χ3n) is 4.03.